The predicted octanol–water partition coefficient (Wildman–Crippen LogP) is 3.17. The molecule has 144 valence electrons. The summed E-state index contributed by atoms with van der Waals surface area (Å²) in [4.78, 5) is 35.1. The van der Waals surface area contributed by atoms with Gasteiger partial charge in [0.15, 0.2) is 0 Å². The Hall–Kier alpha value is -2.52. The molecule has 2 aromatic heterocycles. The fraction of sp³-hybridized carbons (Fsp3) is 0.263. The number of hydrogen-bond donors (Lipinski definition) is 2. The zero-order valence-corrected chi connectivity index (χ0v) is 16.5. The molecular weight excluding hydrogens is 399 g/mol. The fourth-order valence-electron chi connectivity index (χ4n) is 3.11. The van der Waals surface area contributed by atoms with Crippen LogP contribution in [-0.2, 0) is 22.4 Å². The zero-order valence-electron chi connectivity index (χ0n) is 14.8. The second-order valence-electron chi connectivity index (χ2n) is 6.34. The minimum Gasteiger partial charge on any atom is -0.346 e. The van der Waals surface area contributed by atoms with Crippen LogP contribution in [0.2, 0.25) is 0 Å². The van der Waals surface area contributed by atoms with Crippen molar-refractivity contribution in [1.82, 2.24) is 15.3 Å². The first-order valence-electron chi connectivity index (χ1n) is 8.80. The van der Waals surface area contributed by atoms with Crippen molar-refractivity contribution in [2.75, 3.05) is 17.6 Å². The van der Waals surface area contributed by atoms with E-state index in [2.05, 4.69) is 20.6 Å². The smallest absolute Gasteiger partial charge is 0.243 e. The van der Waals surface area contributed by atoms with Gasteiger partial charge in [0.05, 0.1) is 12.3 Å². The molecular formula is C19H17FN4O2S2. The van der Waals surface area contributed by atoms with Gasteiger partial charge in [-0.15, -0.1) is 11.3 Å². The lowest BCUT2D eigenvalue weighted by molar-refractivity contribution is -0.122. The topological polar surface area (TPSA) is 84.0 Å². The van der Waals surface area contributed by atoms with E-state index >= 15 is 0 Å². The van der Waals surface area contributed by atoms with Crippen molar-refractivity contribution >= 4 is 50.8 Å². The van der Waals surface area contributed by atoms with Gasteiger partial charge in [-0.1, -0.05) is 11.8 Å². The largest absolute Gasteiger partial charge is 0.346 e. The first-order chi connectivity index (χ1) is 13.6. The molecule has 0 unspecified atom stereocenters. The van der Waals surface area contributed by atoms with Crippen LogP contribution in [-0.4, -0.2) is 34.1 Å². The number of hydrogen-bond acceptors (Lipinski definition) is 6. The van der Waals surface area contributed by atoms with Crippen LogP contribution in [0.5, 0.6) is 0 Å². The van der Waals surface area contributed by atoms with E-state index in [1.807, 2.05) is 0 Å². The lowest BCUT2D eigenvalue weighted by atomic mass is 10.2. The third-order valence-corrected chi connectivity index (χ3v) is 6.57. The molecule has 1 aromatic carbocycles. The van der Waals surface area contributed by atoms with Crippen LogP contribution in [0.25, 0.3) is 10.2 Å². The molecule has 2 N–H and O–H groups in total. The standard InChI is InChI=1S/C19H17FN4O2S2/c20-11-4-6-12(7-5-11)24-15(25)8-21-16(26)9-27-18-17-13-2-1-3-14(13)28-19(17)23-10-22-18/h4-7,10H,1-3,8-9H2,(H,21,26)(H,24,25). The Kier molecular flexibility index (Phi) is 5.54. The summed E-state index contributed by atoms with van der Waals surface area (Å²) in [7, 11) is 0. The van der Waals surface area contributed by atoms with E-state index in [1.165, 1.54) is 52.8 Å². The summed E-state index contributed by atoms with van der Waals surface area (Å²) in [6.07, 6.45) is 4.81. The number of benzene rings is 1. The summed E-state index contributed by atoms with van der Waals surface area (Å²) in [6, 6.07) is 5.44. The van der Waals surface area contributed by atoms with Gasteiger partial charge < -0.3 is 10.6 Å². The van der Waals surface area contributed by atoms with Crippen molar-refractivity contribution < 1.29 is 14.0 Å². The Labute approximate surface area is 169 Å². The number of nitrogens with one attached hydrogen (secondary N) is 2. The van der Waals surface area contributed by atoms with E-state index in [0.717, 1.165) is 34.5 Å². The van der Waals surface area contributed by atoms with Crippen LogP contribution in [0.1, 0.15) is 16.9 Å². The van der Waals surface area contributed by atoms with Gasteiger partial charge in [-0.25, -0.2) is 14.4 Å². The molecule has 0 aliphatic heterocycles. The number of carbonyl (C=O) groups excluding carboxylic acids is 2. The molecule has 0 spiro atoms. The van der Waals surface area contributed by atoms with Gasteiger partial charge in [0.2, 0.25) is 11.8 Å². The SMILES string of the molecule is O=C(CSc1ncnc2sc3c(c12)CCC3)NCC(=O)Nc1ccc(F)cc1. The average molecular weight is 417 g/mol. The van der Waals surface area contributed by atoms with Gasteiger partial charge in [0.25, 0.3) is 0 Å². The van der Waals surface area contributed by atoms with Crippen molar-refractivity contribution in [3.8, 4) is 0 Å². The van der Waals surface area contributed by atoms with E-state index in [9.17, 15) is 14.0 Å². The Morgan fingerprint density at radius 2 is 1.96 bits per heavy atom. The molecule has 28 heavy (non-hydrogen) atoms. The van der Waals surface area contributed by atoms with Crippen molar-refractivity contribution in [3.63, 3.8) is 0 Å². The first kappa shape index (κ1) is 18.8. The summed E-state index contributed by atoms with van der Waals surface area (Å²) in [6.45, 7) is -0.149. The maximum absolute atomic E-state index is 12.9. The summed E-state index contributed by atoms with van der Waals surface area (Å²) in [5.74, 6) is -0.832. The molecule has 0 atom stereocenters. The number of fused-ring (bicyclic) bond motifs is 3. The first-order valence-corrected chi connectivity index (χ1v) is 10.6. The molecule has 2 amide bonds. The summed E-state index contributed by atoms with van der Waals surface area (Å²) >= 11 is 3.07. The van der Waals surface area contributed by atoms with Crippen molar-refractivity contribution in [2.24, 2.45) is 0 Å². The third kappa shape index (κ3) is 4.15. The van der Waals surface area contributed by atoms with Gasteiger partial charge in [-0.3, -0.25) is 9.59 Å². The normalized spacial score (nSPS) is 12.8. The molecule has 0 saturated carbocycles. The van der Waals surface area contributed by atoms with Crippen LogP contribution >= 0.6 is 23.1 Å². The second-order valence-corrected chi connectivity index (χ2v) is 8.38. The molecule has 0 radical (unpaired) electrons. The van der Waals surface area contributed by atoms with Crippen LogP contribution in [0.4, 0.5) is 10.1 Å². The molecule has 6 nitrogen and oxygen atoms in total. The minimum atomic E-state index is -0.376. The fourth-order valence-corrected chi connectivity index (χ4v) is 5.26. The van der Waals surface area contributed by atoms with Gasteiger partial charge in [-0.2, -0.15) is 0 Å². The molecule has 0 fully saturated rings. The number of nitrogens with zero attached hydrogens (tertiary/aromatic N) is 2. The van der Waals surface area contributed by atoms with E-state index in [1.54, 1.807) is 11.3 Å². The number of carbonyl (C=O) groups is 2. The van der Waals surface area contributed by atoms with Crippen molar-refractivity contribution in [3.05, 3.63) is 46.9 Å². The minimum absolute atomic E-state index is 0.149. The van der Waals surface area contributed by atoms with Crippen LogP contribution < -0.4 is 10.6 Å². The molecule has 1 aliphatic carbocycles. The molecule has 3 aromatic rings. The molecule has 0 saturated heterocycles. The lowest BCUT2D eigenvalue weighted by Gasteiger charge is -2.07. The summed E-state index contributed by atoms with van der Waals surface area (Å²) < 4.78 is 12.9. The van der Waals surface area contributed by atoms with Crippen LogP contribution in [0.3, 0.4) is 0 Å². The number of anilines is 1. The number of aromatic nitrogens is 2. The zero-order chi connectivity index (χ0) is 19.5. The number of amides is 2. The average Bonchev–Trinajstić information content (AvgIpc) is 3.27. The highest BCUT2D eigenvalue weighted by Crippen LogP contribution is 2.39. The van der Waals surface area contributed by atoms with Crippen LogP contribution in [0, 0.1) is 5.82 Å². The Balaban J connectivity index is 1.31. The molecule has 1 aliphatic rings. The number of thiophene rings is 1. The molecule has 0 bridgehead atoms. The van der Waals surface area contributed by atoms with Crippen LogP contribution in [0.15, 0.2) is 35.6 Å². The van der Waals surface area contributed by atoms with E-state index < -0.39 is 0 Å². The highest BCUT2D eigenvalue weighted by Gasteiger charge is 2.21. The van der Waals surface area contributed by atoms with Crippen molar-refractivity contribution in [2.45, 2.75) is 24.3 Å². The van der Waals surface area contributed by atoms with E-state index in [0.29, 0.717) is 5.69 Å². The number of halogens is 1. The van der Waals surface area contributed by atoms with Crippen molar-refractivity contribution in [1.29, 1.82) is 0 Å². The molecule has 4 rings (SSSR count). The van der Waals surface area contributed by atoms with E-state index in [4.69, 9.17) is 0 Å². The van der Waals surface area contributed by atoms with Gasteiger partial charge in [0, 0.05) is 16.0 Å². The monoisotopic (exact) mass is 416 g/mol. The lowest BCUT2D eigenvalue weighted by Crippen LogP contribution is -2.33. The van der Waals surface area contributed by atoms with Gasteiger partial charge in [0.1, 0.15) is 22.0 Å². The van der Waals surface area contributed by atoms with Gasteiger partial charge in [-0.05, 0) is 49.1 Å². The quantitative estimate of drug-likeness (QED) is 0.476. The number of rotatable bonds is 6. The summed E-state index contributed by atoms with van der Waals surface area (Å²) in [5, 5.41) is 7.08. The maximum Gasteiger partial charge on any atom is 0.243 e. The summed E-state index contributed by atoms with van der Waals surface area (Å²) in [5.41, 5.74) is 1.80. The third-order valence-electron chi connectivity index (χ3n) is 4.38. The molecule has 2 heterocycles. The maximum atomic E-state index is 12.9. The predicted molar refractivity (Wildman–Crippen MR) is 108 cm³/mol. The highest BCUT2D eigenvalue weighted by atomic mass is 32.2. The second kappa shape index (κ2) is 8.24. The Bertz CT molecular complexity index is 1040. The Morgan fingerprint density at radius 3 is 2.79 bits per heavy atom. The number of aryl methyl sites for hydroxylation is 2. The molecule has 9 heteroatoms. The number of thioether (sulfide) groups is 1. The van der Waals surface area contributed by atoms with E-state index in [-0.39, 0.29) is 29.9 Å². The van der Waals surface area contributed by atoms with Gasteiger partial charge >= 0.3 is 0 Å². The highest BCUT2D eigenvalue weighted by molar-refractivity contribution is 8.00. The Morgan fingerprint density at radius 1 is 1.14 bits per heavy atom.